The summed E-state index contributed by atoms with van der Waals surface area (Å²) in [7, 11) is 0. The van der Waals surface area contributed by atoms with Gasteiger partial charge in [0.15, 0.2) is 0 Å². The van der Waals surface area contributed by atoms with Crippen molar-refractivity contribution in [1.29, 1.82) is 0 Å². The first kappa shape index (κ1) is 14.2. The van der Waals surface area contributed by atoms with E-state index in [0.717, 1.165) is 20.0 Å². The first-order chi connectivity index (χ1) is 10.2. The van der Waals surface area contributed by atoms with E-state index in [1.807, 2.05) is 12.1 Å². The molecule has 0 fully saturated rings. The summed E-state index contributed by atoms with van der Waals surface area (Å²) < 4.78 is 1.82. The Bertz CT molecular complexity index is 806. The molecule has 0 aliphatic rings. The molecule has 1 heterocycles. The zero-order valence-corrected chi connectivity index (χ0v) is 13.9. The predicted octanol–water partition coefficient (Wildman–Crippen LogP) is 4.18. The number of nitrogens with two attached hydrogens (primary N) is 1. The van der Waals surface area contributed by atoms with Crippen LogP contribution in [0.25, 0.3) is 10.8 Å². The minimum absolute atomic E-state index is 0.352. The lowest BCUT2D eigenvalue weighted by molar-refractivity contribution is 1.11. The lowest BCUT2D eigenvalue weighted by Crippen LogP contribution is -2.11. The molecule has 0 amide bonds. The number of hydrogen-bond donors (Lipinski definition) is 3. The molecular weight excluding hydrogens is 398 g/mol. The van der Waals surface area contributed by atoms with E-state index in [2.05, 4.69) is 76.8 Å². The molecule has 5 nitrogen and oxygen atoms in total. The molecule has 1 aromatic heterocycles. The van der Waals surface area contributed by atoms with Crippen LogP contribution < -0.4 is 16.6 Å². The normalized spacial score (nSPS) is 10.6. The second-order valence-corrected chi connectivity index (χ2v) is 6.14. The average Bonchev–Trinajstić information content (AvgIpc) is 2.49. The highest BCUT2D eigenvalue weighted by Gasteiger charge is 2.05. The van der Waals surface area contributed by atoms with Crippen molar-refractivity contribution in [2.75, 3.05) is 10.7 Å². The molecule has 7 heteroatoms. The Hall–Kier alpha value is -1.70. The minimum atomic E-state index is 0.352. The van der Waals surface area contributed by atoms with Gasteiger partial charge < -0.3 is 5.32 Å². The Labute approximate surface area is 138 Å². The largest absolute Gasteiger partial charge is 0.339 e. The SMILES string of the molecule is NNc1ncc(Br)c(Nc2ccc3cc(Br)ccc3c2)n1. The Morgan fingerprint density at radius 3 is 2.57 bits per heavy atom. The molecular formula is C14H11Br2N5. The molecule has 106 valence electrons. The van der Waals surface area contributed by atoms with Crippen LogP contribution in [0.1, 0.15) is 0 Å². The van der Waals surface area contributed by atoms with Crippen LogP contribution in [0.4, 0.5) is 17.5 Å². The Morgan fingerprint density at radius 1 is 1.00 bits per heavy atom. The third-order valence-electron chi connectivity index (χ3n) is 2.94. The molecule has 0 atom stereocenters. The summed E-state index contributed by atoms with van der Waals surface area (Å²) in [6.45, 7) is 0. The predicted molar refractivity (Wildman–Crippen MR) is 92.5 cm³/mol. The van der Waals surface area contributed by atoms with Crippen molar-refractivity contribution in [3.63, 3.8) is 0 Å². The van der Waals surface area contributed by atoms with Crippen molar-refractivity contribution >= 4 is 60.1 Å². The van der Waals surface area contributed by atoms with E-state index >= 15 is 0 Å². The van der Waals surface area contributed by atoms with Gasteiger partial charge in [0.1, 0.15) is 5.82 Å². The molecule has 2 aromatic carbocycles. The summed E-state index contributed by atoms with van der Waals surface area (Å²) in [6.07, 6.45) is 1.64. The van der Waals surface area contributed by atoms with Gasteiger partial charge in [-0.3, -0.25) is 5.43 Å². The molecule has 3 rings (SSSR count). The standard InChI is InChI=1S/C14H11Br2N5/c15-10-3-1-9-6-11(4-2-8(9)5-10)19-13-12(16)7-18-14(20-13)21-17/h1-7H,17H2,(H2,18,19,20,21). The van der Waals surface area contributed by atoms with Crippen LogP contribution in [0.5, 0.6) is 0 Å². The second-order valence-electron chi connectivity index (χ2n) is 4.37. The van der Waals surface area contributed by atoms with Crippen LogP contribution >= 0.6 is 31.9 Å². The molecule has 4 N–H and O–H groups in total. The maximum absolute atomic E-state index is 5.33. The number of fused-ring (bicyclic) bond motifs is 1. The molecule has 0 spiro atoms. The number of hydrazine groups is 1. The third kappa shape index (κ3) is 3.15. The minimum Gasteiger partial charge on any atom is -0.339 e. The first-order valence-electron chi connectivity index (χ1n) is 6.11. The molecule has 0 aliphatic carbocycles. The van der Waals surface area contributed by atoms with Crippen LogP contribution in [-0.4, -0.2) is 9.97 Å². The van der Waals surface area contributed by atoms with Gasteiger partial charge in [0.2, 0.25) is 5.95 Å². The van der Waals surface area contributed by atoms with Gasteiger partial charge in [-0.15, -0.1) is 0 Å². The van der Waals surface area contributed by atoms with Crippen molar-refractivity contribution < 1.29 is 0 Å². The Morgan fingerprint density at radius 2 is 1.76 bits per heavy atom. The van der Waals surface area contributed by atoms with Crippen molar-refractivity contribution in [2.24, 2.45) is 5.84 Å². The van der Waals surface area contributed by atoms with Crippen LogP contribution in [0, 0.1) is 0 Å². The topological polar surface area (TPSA) is 75.9 Å². The van der Waals surface area contributed by atoms with E-state index in [9.17, 15) is 0 Å². The van der Waals surface area contributed by atoms with E-state index in [-0.39, 0.29) is 0 Å². The number of rotatable bonds is 3. The monoisotopic (exact) mass is 407 g/mol. The molecule has 0 saturated heterocycles. The van der Waals surface area contributed by atoms with Crippen molar-refractivity contribution in [3.05, 3.63) is 51.5 Å². The number of nitrogens with one attached hydrogen (secondary N) is 2. The summed E-state index contributed by atoms with van der Waals surface area (Å²) in [6, 6.07) is 12.3. The Balaban J connectivity index is 1.96. The average molecular weight is 409 g/mol. The molecule has 0 bridgehead atoms. The van der Waals surface area contributed by atoms with Crippen molar-refractivity contribution in [2.45, 2.75) is 0 Å². The molecule has 0 radical (unpaired) electrons. The van der Waals surface area contributed by atoms with Gasteiger partial charge in [0.25, 0.3) is 0 Å². The van der Waals surface area contributed by atoms with E-state index in [1.54, 1.807) is 6.20 Å². The van der Waals surface area contributed by atoms with E-state index in [0.29, 0.717) is 11.8 Å². The number of aromatic nitrogens is 2. The quantitative estimate of drug-likeness (QED) is 0.447. The molecule has 21 heavy (non-hydrogen) atoms. The zero-order chi connectivity index (χ0) is 14.8. The van der Waals surface area contributed by atoms with E-state index in [4.69, 9.17) is 5.84 Å². The van der Waals surface area contributed by atoms with Gasteiger partial charge in [-0.25, -0.2) is 10.8 Å². The third-order valence-corrected chi connectivity index (χ3v) is 4.01. The summed E-state index contributed by atoms with van der Waals surface area (Å²) in [5.74, 6) is 6.33. The fourth-order valence-electron chi connectivity index (χ4n) is 1.96. The second kappa shape index (κ2) is 5.97. The summed E-state index contributed by atoms with van der Waals surface area (Å²) >= 11 is 6.89. The van der Waals surface area contributed by atoms with Crippen LogP contribution in [0.15, 0.2) is 51.5 Å². The van der Waals surface area contributed by atoms with Crippen LogP contribution in [0.3, 0.4) is 0 Å². The van der Waals surface area contributed by atoms with Crippen molar-refractivity contribution in [3.8, 4) is 0 Å². The highest BCUT2D eigenvalue weighted by Crippen LogP contribution is 2.27. The summed E-state index contributed by atoms with van der Waals surface area (Å²) in [5, 5.41) is 5.56. The maximum atomic E-state index is 5.33. The number of anilines is 3. The zero-order valence-electron chi connectivity index (χ0n) is 10.8. The summed E-state index contributed by atoms with van der Waals surface area (Å²) in [4.78, 5) is 8.29. The highest BCUT2D eigenvalue weighted by molar-refractivity contribution is 9.10. The van der Waals surface area contributed by atoms with Crippen LogP contribution in [-0.2, 0) is 0 Å². The van der Waals surface area contributed by atoms with Crippen LogP contribution in [0.2, 0.25) is 0 Å². The smallest absolute Gasteiger partial charge is 0.239 e. The number of hydrogen-bond acceptors (Lipinski definition) is 5. The van der Waals surface area contributed by atoms with E-state index < -0.39 is 0 Å². The Kier molecular flexibility index (Phi) is 4.05. The van der Waals surface area contributed by atoms with Gasteiger partial charge in [-0.2, -0.15) is 4.98 Å². The molecule has 0 saturated carbocycles. The lowest BCUT2D eigenvalue weighted by atomic mass is 10.1. The van der Waals surface area contributed by atoms with Gasteiger partial charge in [-0.05, 0) is 51.0 Å². The molecule has 3 aromatic rings. The number of halogens is 2. The van der Waals surface area contributed by atoms with Gasteiger partial charge >= 0.3 is 0 Å². The lowest BCUT2D eigenvalue weighted by Gasteiger charge is -2.10. The maximum Gasteiger partial charge on any atom is 0.239 e. The number of nitrogen functional groups attached to an aromatic ring is 1. The highest BCUT2D eigenvalue weighted by atomic mass is 79.9. The van der Waals surface area contributed by atoms with E-state index in [1.165, 1.54) is 5.39 Å². The first-order valence-corrected chi connectivity index (χ1v) is 7.70. The number of benzene rings is 2. The fraction of sp³-hybridized carbons (Fsp3) is 0. The molecule has 0 aliphatic heterocycles. The number of nitrogens with zero attached hydrogens (tertiary/aromatic N) is 2. The van der Waals surface area contributed by atoms with Gasteiger partial charge in [-0.1, -0.05) is 28.1 Å². The summed E-state index contributed by atoms with van der Waals surface area (Å²) in [5.41, 5.74) is 3.37. The van der Waals surface area contributed by atoms with Gasteiger partial charge in [0.05, 0.1) is 4.47 Å². The van der Waals surface area contributed by atoms with Gasteiger partial charge in [0, 0.05) is 16.4 Å². The fourth-order valence-corrected chi connectivity index (χ4v) is 2.62. The molecule has 0 unspecified atom stereocenters. The van der Waals surface area contributed by atoms with Crippen molar-refractivity contribution in [1.82, 2.24) is 9.97 Å².